The predicted molar refractivity (Wildman–Crippen MR) is 60.5 cm³/mol. The Kier molecular flexibility index (Phi) is 3.11. The van der Waals surface area contributed by atoms with Gasteiger partial charge in [-0.1, -0.05) is 0 Å². The number of hydrogen-bond acceptors (Lipinski definition) is 4. The summed E-state index contributed by atoms with van der Waals surface area (Å²) in [6.07, 6.45) is 4.08. The molecule has 2 rings (SSSR count). The molecule has 1 atom stereocenters. The van der Waals surface area contributed by atoms with E-state index in [0.717, 1.165) is 17.9 Å². The van der Waals surface area contributed by atoms with Crippen molar-refractivity contribution in [2.45, 2.75) is 12.5 Å². The van der Waals surface area contributed by atoms with Gasteiger partial charge in [-0.05, 0) is 18.2 Å². The van der Waals surface area contributed by atoms with Crippen LogP contribution in [0.15, 0.2) is 18.5 Å². The smallest absolute Gasteiger partial charge is 0.339 e. The zero-order valence-electron chi connectivity index (χ0n) is 8.14. The van der Waals surface area contributed by atoms with E-state index in [-0.39, 0.29) is 5.56 Å². The molecule has 5 heteroatoms. The summed E-state index contributed by atoms with van der Waals surface area (Å²) in [5, 5.41) is 12.2. The number of aromatic carboxylic acids is 1. The second kappa shape index (κ2) is 4.53. The third-order valence-electron chi connectivity index (χ3n) is 2.34. The molecule has 1 aromatic heterocycles. The van der Waals surface area contributed by atoms with Crippen molar-refractivity contribution in [1.82, 2.24) is 4.98 Å². The summed E-state index contributed by atoms with van der Waals surface area (Å²) in [4.78, 5) is 14.7. The van der Waals surface area contributed by atoms with Gasteiger partial charge in [0.1, 0.15) is 5.56 Å². The van der Waals surface area contributed by atoms with Crippen molar-refractivity contribution in [3.63, 3.8) is 0 Å². The molecular formula is C10H12N2O2S. The van der Waals surface area contributed by atoms with Crippen molar-refractivity contribution in [2.24, 2.45) is 0 Å². The van der Waals surface area contributed by atoms with E-state index >= 15 is 0 Å². The van der Waals surface area contributed by atoms with Gasteiger partial charge in [-0.15, -0.1) is 0 Å². The Bertz CT molecular complexity index is 364. The number of rotatable bonds is 3. The van der Waals surface area contributed by atoms with Gasteiger partial charge >= 0.3 is 5.97 Å². The molecule has 1 aromatic rings. The number of anilines is 1. The summed E-state index contributed by atoms with van der Waals surface area (Å²) in [6, 6.07) is 2.10. The first-order valence-electron chi connectivity index (χ1n) is 4.79. The summed E-state index contributed by atoms with van der Waals surface area (Å²) in [5.74, 6) is 1.25. The number of pyridine rings is 1. The number of carboxylic acid groups (broad SMARTS) is 1. The lowest BCUT2D eigenvalue weighted by Crippen LogP contribution is -2.20. The molecule has 0 aliphatic carbocycles. The Morgan fingerprint density at radius 3 is 3.20 bits per heavy atom. The van der Waals surface area contributed by atoms with Gasteiger partial charge in [-0.3, -0.25) is 4.98 Å². The van der Waals surface area contributed by atoms with Crippen molar-refractivity contribution in [1.29, 1.82) is 0 Å². The van der Waals surface area contributed by atoms with Gasteiger partial charge in [0.05, 0.1) is 5.69 Å². The van der Waals surface area contributed by atoms with E-state index in [9.17, 15) is 4.79 Å². The Balaban J connectivity index is 2.15. The number of aromatic nitrogens is 1. The van der Waals surface area contributed by atoms with E-state index < -0.39 is 5.97 Å². The van der Waals surface area contributed by atoms with Crippen LogP contribution in [-0.2, 0) is 0 Å². The van der Waals surface area contributed by atoms with Crippen molar-refractivity contribution < 1.29 is 9.90 Å². The highest BCUT2D eigenvalue weighted by atomic mass is 32.2. The van der Waals surface area contributed by atoms with Crippen LogP contribution in [0.1, 0.15) is 16.8 Å². The number of carboxylic acids is 1. The predicted octanol–water partition coefficient (Wildman–Crippen LogP) is 1.70. The summed E-state index contributed by atoms with van der Waals surface area (Å²) in [5.41, 5.74) is 0.916. The molecule has 1 aliphatic heterocycles. The molecule has 0 amide bonds. The summed E-state index contributed by atoms with van der Waals surface area (Å²) < 4.78 is 0. The molecule has 0 saturated carbocycles. The zero-order chi connectivity index (χ0) is 10.7. The first kappa shape index (κ1) is 10.3. The fourth-order valence-corrected chi connectivity index (χ4v) is 2.71. The molecule has 0 aromatic carbocycles. The maximum atomic E-state index is 10.9. The highest BCUT2D eigenvalue weighted by Gasteiger charge is 2.17. The minimum Gasteiger partial charge on any atom is -0.478 e. The quantitative estimate of drug-likeness (QED) is 0.818. The molecule has 15 heavy (non-hydrogen) atoms. The molecule has 80 valence electrons. The van der Waals surface area contributed by atoms with E-state index in [4.69, 9.17) is 5.11 Å². The van der Waals surface area contributed by atoms with Crippen molar-refractivity contribution in [3.8, 4) is 0 Å². The monoisotopic (exact) mass is 224 g/mol. The molecule has 0 radical (unpaired) electrons. The standard InChI is InChI=1S/C10H12N2O2S/c13-10(14)8-5-11-3-1-9(8)12-7-2-4-15-6-7/h1,3,5,7H,2,4,6H2,(H,11,12)(H,13,14). The van der Waals surface area contributed by atoms with Crippen molar-refractivity contribution in [2.75, 3.05) is 16.8 Å². The summed E-state index contributed by atoms with van der Waals surface area (Å²) >= 11 is 1.89. The molecule has 4 nitrogen and oxygen atoms in total. The topological polar surface area (TPSA) is 62.2 Å². The number of thioether (sulfide) groups is 1. The average Bonchev–Trinajstić information content (AvgIpc) is 2.71. The minimum atomic E-state index is -0.934. The minimum absolute atomic E-state index is 0.245. The van der Waals surface area contributed by atoms with Crippen molar-refractivity contribution in [3.05, 3.63) is 24.0 Å². The lowest BCUT2D eigenvalue weighted by Gasteiger charge is -2.14. The highest BCUT2D eigenvalue weighted by molar-refractivity contribution is 7.99. The Morgan fingerprint density at radius 1 is 1.67 bits per heavy atom. The van der Waals surface area contributed by atoms with E-state index in [2.05, 4.69) is 10.3 Å². The van der Waals surface area contributed by atoms with Crippen LogP contribution in [0.3, 0.4) is 0 Å². The maximum absolute atomic E-state index is 10.9. The number of hydrogen-bond donors (Lipinski definition) is 2. The number of nitrogens with one attached hydrogen (secondary N) is 1. The van der Waals surface area contributed by atoms with Crippen LogP contribution in [0.2, 0.25) is 0 Å². The highest BCUT2D eigenvalue weighted by Crippen LogP contribution is 2.22. The average molecular weight is 224 g/mol. The van der Waals surface area contributed by atoms with Gasteiger partial charge in [-0.2, -0.15) is 11.8 Å². The molecule has 1 unspecified atom stereocenters. The molecular weight excluding hydrogens is 212 g/mol. The van der Waals surface area contributed by atoms with Gasteiger partial charge in [0, 0.05) is 24.2 Å². The number of nitrogens with zero attached hydrogens (tertiary/aromatic N) is 1. The summed E-state index contributed by atoms with van der Waals surface area (Å²) in [7, 11) is 0. The van der Waals surface area contributed by atoms with E-state index in [1.807, 2.05) is 11.8 Å². The van der Waals surface area contributed by atoms with E-state index in [1.54, 1.807) is 12.3 Å². The second-order valence-electron chi connectivity index (χ2n) is 3.43. The molecule has 0 spiro atoms. The van der Waals surface area contributed by atoms with Crippen LogP contribution >= 0.6 is 11.8 Å². The first-order valence-corrected chi connectivity index (χ1v) is 5.94. The van der Waals surface area contributed by atoms with Gasteiger partial charge in [0.25, 0.3) is 0 Å². The second-order valence-corrected chi connectivity index (χ2v) is 4.58. The van der Waals surface area contributed by atoms with Crippen LogP contribution in [0, 0.1) is 0 Å². The molecule has 1 saturated heterocycles. The molecule has 0 bridgehead atoms. The molecule has 1 fully saturated rings. The Labute approximate surface area is 92.1 Å². The van der Waals surface area contributed by atoms with Gasteiger partial charge < -0.3 is 10.4 Å². The summed E-state index contributed by atoms with van der Waals surface area (Å²) in [6.45, 7) is 0. The fraction of sp³-hybridized carbons (Fsp3) is 0.400. The SMILES string of the molecule is O=C(O)c1cnccc1NC1CCSC1. The van der Waals surface area contributed by atoms with E-state index in [1.165, 1.54) is 6.20 Å². The lowest BCUT2D eigenvalue weighted by atomic mass is 10.2. The Hall–Kier alpha value is -1.23. The lowest BCUT2D eigenvalue weighted by molar-refractivity contribution is 0.0697. The third-order valence-corrected chi connectivity index (χ3v) is 3.50. The third kappa shape index (κ3) is 2.41. The number of carbonyl (C=O) groups is 1. The van der Waals surface area contributed by atoms with Gasteiger partial charge in [0.15, 0.2) is 0 Å². The molecule has 2 N–H and O–H groups in total. The fourth-order valence-electron chi connectivity index (χ4n) is 1.56. The van der Waals surface area contributed by atoms with Crippen LogP contribution in [0.4, 0.5) is 5.69 Å². The zero-order valence-corrected chi connectivity index (χ0v) is 8.96. The van der Waals surface area contributed by atoms with Crippen LogP contribution in [0.25, 0.3) is 0 Å². The maximum Gasteiger partial charge on any atom is 0.339 e. The van der Waals surface area contributed by atoms with Crippen LogP contribution in [0.5, 0.6) is 0 Å². The van der Waals surface area contributed by atoms with Gasteiger partial charge in [-0.25, -0.2) is 4.79 Å². The van der Waals surface area contributed by atoms with E-state index in [0.29, 0.717) is 11.7 Å². The van der Waals surface area contributed by atoms with Crippen LogP contribution in [-0.4, -0.2) is 33.6 Å². The molecule has 1 aliphatic rings. The molecule has 2 heterocycles. The largest absolute Gasteiger partial charge is 0.478 e. The first-order chi connectivity index (χ1) is 7.27. The van der Waals surface area contributed by atoms with Crippen LogP contribution < -0.4 is 5.32 Å². The Morgan fingerprint density at radius 2 is 2.53 bits per heavy atom. The normalized spacial score (nSPS) is 20.1. The van der Waals surface area contributed by atoms with Gasteiger partial charge in [0.2, 0.25) is 0 Å². The van der Waals surface area contributed by atoms with Crippen molar-refractivity contribution >= 4 is 23.4 Å².